The fourth-order valence-corrected chi connectivity index (χ4v) is 5.82. The smallest absolute Gasteiger partial charge is 0.799 e. The molecule has 0 bridgehead atoms. The number of hydrogen-bond donors (Lipinski definition) is 0. The monoisotopic (exact) mass is 434 g/mol. The van der Waals surface area contributed by atoms with Crippen molar-refractivity contribution in [2.24, 2.45) is 11.8 Å². The summed E-state index contributed by atoms with van der Waals surface area (Å²) in [7, 11) is -5.95. The number of rotatable bonds is 8. The normalized spacial score (nSPS) is 23.2. The Labute approximate surface area is 165 Å². The van der Waals surface area contributed by atoms with Crippen molar-refractivity contribution in [1.29, 1.82) is 0 Å². The molecule has 0 spiro atoms. The Bertz CT molecular complexity index is 393. The van der Waals surface area contributed by atoms with Gasteiger partial charge in [0, 0.05) is 14.7 Å². The van der Waals surface area contributed by atoms with Crippen molar-refractivity contribution < 1.29 is 36.0 Å². The van der Waals surface area contributed by atoms with Gasteiger partial charge in [0.15, 0.2) is 0 Å². The van der Waals surface area contributed by atoms with E-state index in [-0.39, 0.29) is 17.1 Å². The average Bonchev–Trinajstić information content (AvgIpc) is 3.25. The summed E-state index contributed by atoms with van der Waals surface area (Å²) in [5, 5.41) is 0. The summed E-state index contributed by atoms with van der Waals surface area (Å²) < 4.78 is 22.4. The van der Waals surface area contributed by atoms with Gasteiger partial charge in [0.2, 0.25) is 0 Å². The molecule has 2 aliphatic rings. The molecule has 150 valence electrons. The van der Waals surface area contributed by atoms with E-state index in [9.17, 15) is 18.9 Å². The van der Waals surface area contributed by atoms with Crippen molar-refractivity contribution in [2.45, 2.75) is 78.1 Å². The molecule has 7 heteroatoms. The standard InChI is InChI=1S/2C9H19O2P.Fe/c2*1-2-12(10,11)8-7-9-5-3-4-6-9;/h2*9H,2-8H2,1H3,(H,10,11);/q;;+2/p-2. The van der Waals surface area contributed by atoms with Crippen LogP contribution < -0.4 is 9.79 Å². The van der Waals surface area contributed by atoms with E-state index in [1.807, 2.05) is 0 Å². The minimum Gasteiger partial charge on any atom is -0.799 e. The van der Waals surface area contributed by atoms with E-state index < -0.39 is 14.7 Å². The Morgan fingerprint density at radius 2 is 1.00 bits per heavy atom. The Morgan fingerprint density at radius 3 is 1.24 bits per heavy atom. The van der Waals surface area contributed by atoms with Gasteiger partial charge in [0.05, 0.1) is 0 Å². The zero-order chi connectivity index (χ0) is 18.1. The first-order valence-electron chi connectivity index (χ1n) is 9.86. The van der Waals surface area contributed by atoms with Crippen LogP contribution in [0, 0.1) is 11.8 Å². The van der Waals surface area contributed by atoms with Crippen LogP contribution in [0.2, 0.25) is 0 Å². The minimum atomic E-state index is -2.98. The molecule has 0 aromatic heterocycles. The van der Waals surface area contributed by atoms with Crippen molar-refractivity contribution in [2.75, 3.05) is 24.6 Å². The molecule has 0 radical (unpaired) electrons. The van der Waals surface area contributed by atoms with Crippen LogP contribution in [-0.2, 0) is 26.2 Å². The Hall–Kier alpha value is 0.899. The van der Waals surface area contributed by atoms with E-state index >= 15 is 0 Å². The third-order valence-corrected chi connectivity index (χ3v) is 9.48. The van der Waals surface area contributed by atoms with Gasteiger partial charge in [-0.3, -0.25) is 0 Å². The van der Waals surface area contributed by atoms with Gasteiger partial charge in [0.25, 0.3) is 0 Å². The van der Waals surface area contributed by atoms with Gasteiger partial charge in [0.1, 0.15) is 0 Å². The molecule has 0 N–H and O–H groups in total. The molecule has 2 fully saturated rings. The van der Waals surface area contributed by atoms with Crippen LogP contribution in [0.25, 0.3) is 0 Å². The maximum absolute atomic E-state index is 11.2. The summed E-state index contributed by atoms with van der Waals surface area (Å²) >= 11 is 0. The summed E-state index contributed by atoms with van der Waals surface area (Å²) in [4.78, 5) is 22.4. The van der Waals surface area contributed by atoms with Crippen molar-refractivity contribution in [1.82, 2.24) is 0 Å². The third kappa shape index (κ3) is 12.1. The fraction of sp³-hybridized carbons (Fsp3) is 1.00. The molecular weight excluding hydrogens is 398 g/mol. The average molecular weight is 434 g/mol. The topological polar surface area (TPSA) is 80.3 Å². The van der Waals surface area contributed by atoms with Crippen molar-refractivity contribution in [3.8, 4) is 0 Å². The van der Waals surface area contributed by atoms with E-state index in [1.54, 1.807) is 13.8 Å². The Kier molecular flexibility index (Phi) is 13.6. The Morgan fingerprint density at radius 1 is 0.720 bits per heavy atom. The summed E-state index contributed by atoms with van der Waals surface area (Å²) in [5.74, 6) is 1.41. The van der Waals surface area contributed by atoms with E-state index in [2.05, 4.69) is 0 Å². The van der Waals surface area contributed by atoms with Crippen LogP contribution in [-0.4, -0.2) is 24.6 Å². The maximum Gasteiger partial charge on any atom is 2.00 e. The predicted molar refractivity (Wildman–Crippen MR) is 99.2 cm³/mol. The van der Waals surface area contributed by atoms with Crippen LogP contribution in [0.3, 0.4) is 0 Å². The first-order chi connectivity index (χ1) is 11.3. The van der Waals surface area contributed by atoms with E-state index in [0.717, 1.165) is 12.8 Å². The molecule has 0 aromatic carbocycles. The summed E-state index contributed by atoms with van der Waals surface area (Å²) in [5.41, 5.74) is 0. The fourth-order valence-electron chi connectivity index (χ4n) is 3.67. The van der Waals surface area contributed by atoms with Crippen LogP contribution in [0.5, 0.6) is 0 Å². The molecule has 2 saturated carbocycles. The second kappa shape index (κ2) is 13.1. The first-order valence-corrected chi connectivity index (χ1v) is 13.8. The SMILES string of the molecule is CCP(=O)([O-])CCC1CCCC1.CCP(=O)([O-])CCC1CCCC1.[Fe+2]. The van der Waals surface area contributed by atoms with Crippen molar-refractivity contribution >= 4 is 14.7 Å². The molecule has 0 heterocycles. The van der Waals surface area contributed by atoms with Crippen LogP contribution >= 0.6 is 14.7 Å². The largest absolute Gasteiger partial charge is 2.00 e. The second-order valence-corrected chi connectivity index (χ2v) is 13.0. The first kappa shape index (κ1) is 25.9. The van der Waals surface area contributed by atoms with Crippen molar-refractivity contribution in [3.63, 3.8) is 0 Å². The van der Waals surface area contributed by atoms with Crippen LogP contribution in [0.15, 0.2) is 0 Å². The van der Waals surface area contributed by atoms with Gasteiger partial charge in [-0.25, -0.2) is 0 Å². The van der Waals surface area contributed by atoms with E-state index in [4.69, 9.17) is 0 Å². The second-order valence-electron chi connectivity index (χ2n) is 7.59. The Balaban J connectivity index is 0.000000443. The van der Waals surface area contributed by atoms with Gasteiger partial charge in [-0.1, -0.05) is 65.2 Å². The van der Waals surface area contributed by atoms with Crippen LogP contribution in [0.1, 0.15) is 78.1 Å². The van der Waals surface area contributed by atoms with Gasteiger partial charge in [-0.2, -0.15) is 0 Å². The zero-order valence-electron chi connectivity index (χ0n) is 15.9. The molecule has 0 saturated heterocycles. The van der Waals surface area contributed by atoms with Crippen molar-refractivity contribution in [3.05, 3.63) is 0 Å². The molecule has 2 unspecified atom stereocenters. The van der Waals surface area contributed by atoms with Crippen LogP contribution in [0.4, 0.5) is 0 Å². The predicted octanol–water partition coefficient (Wildman–Crippen LogP) is 4.45. The maximum atomic E-state index is 11.2. The van der Waals surface area contributed by atoms with E-state index in [1.165, 1.54) is 51.4 Å². The molecule has 2 rings (SSSR count). The molecule has 2 atom stereocenters. The summed E-state index contributed by atoms with van der Waals surface area (Å²) in [6.45, 7) is 3.48. The minimum absolute atomic E-state index is 0. The van der Waals surface area contributed by atoms with Gasteiger partial charge < -0.3 is 18.9 Å². The molecule has 0 aromatic rings. The van der Waals surface area contributed by atoms with Gasteiger partial charge in [-0.05, 0) is 49.3 Å². The van der Waals surface area contributed by atoms with Gasteiger partial charge in [-0.15, -0.1) is 0 Å². The third-order valence-electron chi connectivity index (χ3n) is 5.67. The summed E-state index contributed by atoms with van der Waals surface area (Å²) in [6.07, 6.45) is 13.6. The molecule has 2 aliphatic carbocycles. The van der Waals surface area contributed by atoms with E-state index in [0.29, 0.717) is 36.5 Å². The zero-order valence-corrected chi connectivity index (χ0v) is 18.8. The molecule has 4 nitrogen and oxygen atoms in total. The van der Waals surface area contributed by atoms with Gasteiger partial charge >= 0.3 is 17.1 Å². The molecular formula is C18H36FeO4P2. The summed E-state index contributed by atoms with van der Waals surface area (Å²) in [6, 6.07) is 0. The molecule has 0 amide bonds. The quantitative estimate of drug-likeness (QED) is 0.418. The number of hydrogen-bond acceptors (Lipinski definition) is 4. The molecule has 25 heavy (non-hydrogen) atoms. The molecule has 0 aliphatic heterocycles.